The van der Waals surface area contributed by atoms with Gasteiger partial charge in [-0.25, -0.2) is 9.59 Å². The molecule has 2 aliphatic rings. The van der Waals surface area contributed by atoms with Gasteiger partial charge < -0.3 is 20.1 Å². The van der Waals surface area contributed by atoms with Crippen LogP contribution in [0.1, 0.15) is 28.8 Å². The minimum Gasteiger partial charge on any atom is -0.478 e. The summed E-state index contributed by atoms with van der Waals surface area (Å²) in [5.74, 6) is -0.993. The molecule has 1 aromatic carbocycles. The van der Waals surface area contributed by atoms with Crippen LogP contribution in [0.25, 0.3) is 0 Å². The first-order valence-electron chi connectivity index (χ1n) is 7.08. The van der Waals surface area contributed by atoms with Gasteiger partial charge in [-0.1, -0.05) is 6.07 Å². The molecular formula is C15H18N2O4. The number of carboxylic acid groups (broad SMARTS) is 1. The van der Waals surface area contributed by atoms with Gasteiger partial charge in [0.2, 0.25) is 0 Å². The second-order valence-corrected chi connectivity index (χ2v) is 5.63. The topological polar surface area (TPSA) is 78.9 Å². The molecule has 6 heteroatoms. The average molecular weight is 290 g/mol. The fourth-order valence-corrected chi connectivity index (χ4v) is 2.91. The van der Waals surface area contributed by atoms with Crippen molar-refractivity contribution in [3.63, 3.8) is 0 Å². The number of aromatic carboxylic acids is 1. The fraction of sp³-hybridized carbons (Fsp3) is 0.467. The van der Waals surface area contributed by atoms with Crippen molar-refractivity contribution < 1.29 is 19.4 Å². The van der Waals surface area contributed by atoms with Crippen molar-refractivity contribution >= 4 is 17.7 Å². The van der Waals surface area contributed by atoms with Gasteiger partial charge in [0.25, 0.3) is 0 Å². The number of urea groups is 1. The van der Waals surface area contributed by atoms with Crippen molar-refractivity contribution in [2.24, 2.45) is 0 Å². The third-order valence-electron chi connectivity index (χ3n) is 4.05. The molecule has 0 aromatic heterocycles. The normalized spacial score (nSPS) is 24.0. The number of carbonyl (C=O) groups excluding carboxylic acids is 1. The summed E-state index contributed by atoms with van der Waals surface area (Å²) < 4.78 is 5.69. The highest BCUT2D eigenvalue weighted by Gasteiger charge is 2.35. The Bertz CT molecular complexity index is 575. The molecular weight excluding hydrogens is 272 g/mol. The number of ether oxygens (including phenoxy) is 1. The van der Waals surface area contributed by atoms with E-state index < -0.39 is 5.97 Å². The molecule has 2 heterocycles. The van der Waals surface area contributed by atoms with Crippen molar-refractivity contribution in [1.82, 2.24) is 4.90 Å². The van der Waals surface area contributed by atoms with E-state index in [1.807, 2.05) is 0 Å². The summed E-state index contributed by atoms with van der Waals surface area (Å²) in [5.41, 5.74) is 1.38. The monoisotopic (exact) mass is 290 g/mol. The summed E-state index contributed by atoms with van der Waals surface area (Å²) in [4.78, 5) is 25.1. The van der Waals surface area contributed by atoms with Gasteiger partial charge >= 0.3 is 12.0 Å². The fourth-order valence-electron chi connectivity index (χ4n) is 2.91. The van der Waals surface area contributed by atoms with Gasteiger partial charge in [0.05, 0.1) is 17.8 Å². The molecule has 2 saturated heterocycles. The van der Waals surface area contributed by atoms with Crippen LogP contribution in [0.5, 0.6) is 0 Å². The largest absolute Gasteiger partial charge is 0.478 e. The van der Waals surface area contributed by atoms with Crippen molar-refractivity contribution in [2.45, 2.75) is 32.0 Å². The van der Waals surface area contributed by atoms with Crippen LogP contribution < -0.4 is 5.32 Å². The molecule has 2 atom stereocenters. The number of carboxylic acids is 1. The van der Waals surface area contributed by atoms with E-state index >= 15 is 0 Å². The SMILES string of the molecule is Cc1ccc(NC(=O)N2CC3CCC(C2)O3)cc1C(=O)O. The Morgan fingerprint density at radius 3 is 2.57 bits per heavy atom. The van der Waals surface area contributed by atoms with Crippen molar-refractivity contribution in [2.75, 3.05) is 18.4 Å². The van der Waals surface area contributed by atoms with E-state index in [1.54, 1.807) is 24.0 Å². The van der Waals surface area contributed by atoms with E-state index in [0.29, 0.717) is 24.3 Å². The number of aryl methyl sites for hydroxylation is 1. The molecule has 0 spiro atoms. The van der Waals surface area contributed by atoms with E-state index in [-0.39, 0.29) is 23.8 Å². The van der Waals surface area contributed by atoms with Crippen LogP contribution in [-0.4, -0.2) is 47.3 Å². The summed E-state index contributed by atoms with van der Waals surface area (Å²) in [6.45, 7) is 2.93. The zero-order valence-electron chi connectivity index (χ0n) is 11.8. The molecule has 2 unspecified atom stereocenters. The zero-order chi connectivity index (χ0) is 15.0. The Hall–Kier alpha value is -2.08. The zero-order valence-corrected chi connectivity index (χ0v) is 11.8. The van der Waals surface area contributed by atoms with Gasteiger partial charge in [-0.2, -0.15) is 0 Å². The number of nitrogens with one attached hydrogen (secondary N) is 1. The molecule has 2 aliphatic heterocycles. The maximum atomic E-state index is 12.3. The highest BCUT2D eigenvalue weighted by atomic mass is 16.5. The minimum atomic E-state index is -0.993. The van der Waals surface area contributed by atoms with Crippen LogP contribution in [0.15, 0.2) is 18.2 Å². The number of morpholine rings is 1. The van der Waals surface area contributed by atoms with E-state index in [0.717, 1.165) is 12.8 Å². The molecule has 2 amide bonds. The van der Waals surface area contributed by atoms with Gasteiger partial charge in [0, 0.05) is 18.8 Å². The lowest BCUT2D eigenvalue weighted by molar-refractivity contribution is -0.0219. The lowest BCUT2D eigenvalue weighted by Crippen LogP contribution is -2.47. The van der Waals surface area contributed by atoms with Gasteiger partial charge in [-0.15, -0.1) is 0 Å². The predicted molar refractivity (Wildman–Crippen MR) is 76.6 cm³/mol. The number of carbonyl (C=O) groups is 2. The van der Waals surface area contributed by atoms with Gasteiger partial charge in [-0.3, -0.25) is 0 Å². The quantitative estimate of drug-likeness (QED) is 0.874. The Balaban J connectivity index is 1.70. The number of hydrogen-bond donors (Lipinski definition) is 2. The van der Waals surface area contributed by atoms with Gasteiger partial charge in [-0.05, 0) is 37.5 Å². The number of nitrogens with zero attached hydrogens (tertiary/aromatic N) is 1. The number of fused-ring (bicyclic) bond motifs is 2. The van der Waals surface area contributed by atoms with Crippen LogP contribution in [0, 0.1) is 6.92 Å². The van der Waals surface area contributed by atoms with E-state index in [9.17, 15) is 9.59 Å². The molecule has 0 aliphatic carbocycles. The van der Waals surface area contributed by atoms with E-state index in [1.165, 1.54) is 6.07 Å². The van der Waals surface area contributed by atoms with Crippen LogP contribution in [0.4, 0.5) is 10.5 Å². The van der Waals surface area contributed by atoms with E-state index in [2.05, 4.69) is 5.32 Å². The predicted octanol–water partition coefficient (Wildman–Crippen LogP) is 2.09. The summed E-state index contributed by atoms with van der Waals surface area (Å²) in [6, 6.07) is 4.71. The summed E-state index contributed by atoms with van der Waals surface area (Å²) in [6.07, 6.45) is 2.29. The summed E-state index contributed by atoms with van der Waals surface area (Å²) >= 11 is 0. The Morgan fingerprint density at radius 2 is 1.95 bits per heavy atom. The molecule has 0 saturated carbocycles. The number of benzene rings is 1. The maximum Gasteiger partial charge on any atom is 0.336 e. The molecule has 2 fully saturated rings. The molecule has 3 rings (SSSR count). The molecule has 112 valence electrons. The number of rotatable bonds is 2. The van der Waals surface area contributed by atoms with Crippen molar-refractivity contribution in [3.8, 4) is 0 Å². The third-order valence-corrected chi connectivity index (χ3v) is 4.05. The van der Waals surface area contributed by atoms with Crippen molar-refractivity contribution in [1.29, 1.82) is 0 Å². The number of anilines is 1. The highest BCUT2D eigenvalue weighted by molar-refractivity contribution is 5.94. The summed E-state index contributed by atoms with van der Waals surface area (Å²) in [7, 11) is 0. The molecule has 0 radical (unpaired) electrons. The summed E-state index contributed by atoms with van der Waals surface area (Å²) in [5, 5.41) is 11.9. The Morgan fingerprint density at radius 1 is 1.29 bits per heavy atom. The third kappa shape index (κ3) is 2.85. The second-order valence-electron chi connectivity index (χ2n) is 5.63. The molecule has 21 heavy (non-hydrogen) atoms. The molecule has 1 aromatic rings. The number of likely N-dealkylation sites (tertiary alicyclic amines) is 1. The van der Waals surface area contributed by atoms with E-state index in [4.69, 9.17) is 9.84 Å². The first kappa shape index (κ1) is 13.9. The standard InChI is InChI=1S/C15H18N2O4/c1-9-2-3-10(6-13(9)14(18)19)16-15(20)17-7-11-4-5-12(8-17)21-11/h2-3,6,11-12H,4-5,7-8H2,1H3,(H,16,20)(H,18,19). The van der Waals surface area contributed by atoms with Gasteiger partial charge in [0.1, 0.15) is 0 Å². The van der Waals surface area contributed by atoms with Crippen LogP contribution in [-0.2, 0) is 4.74 Å². The second kappa shape index (κ2) is 5.37. The number of amides is 2. The smallest absolute Gasteiger partial charge is 0.336 e. The Labute approximate surface area is 122 Å². The molecule has 2 bridgehead atoms. The van der Waals surface area contributed by atoms with Crippen LogP contribution in [0.3, 0.4) is 0 Å². The molecule has 6 nitrogen and oxygen atoms in total. The van der Waals surface area contributed by atoms with Crippen molar-refractivity contribution in [3.05, 3.63) is 29.3 Å². The highest BCUT2D eigenvalue weighted by Crippen LogP contribution is 2.26. The minimum absolute atomic E-state index is 0.141. The Kier molecular flexibility index (Phi) is 3.55. The van der Waals surface area contributed by atoms with Gasteiger partial charge in [0.15, 0.2) is 0 Å². The number of hydrogen-bond acceptors (Lipinski definition) is 3. The molecule has 2 N–H and O–H groups in total. The average Bonchev–Trinajstić information content (AvgIpc) is 2.79. The lowest BCUT2D eigenvalue weighted by atomic mass is 10.1. The first-order chi connectivity index (χ1) is 10.0. The van der Waals surface area contributed by atoms with Crippen LogP contribution in [0.2, 0.25) is 0 Å². The lowest BCUT2D eigenvalue weighted by Gasteiger charge is -2.32. The first-order valence-corrected chi connectivity index (χ1v) is 7.08. The maximum absolute atomic E-state index is 12.3. The van der Waals surface area contributed by atoms with Crippen LogP contribution >= 0.6 is 0 Å².